The van der Waals surface area contributed by atoms with Gasteiger partial charge in [0.1, 0.15) is 0 Å². The van der Waals surface area contributed by atoms with Crippen LogP contribution in [0.4, 0.5) is 0 Å². The number of carboxylic acids is 1. The van der Waals surface area contributed by atoms with E-state index in [-0.39, 0.29) is 11.4 Å². The Morgan fingerprint density at radius 2 is 1.89 bits per heavy atom. The van der Waals surface area contributed by atoms with E-state index < -0.39 is 5.97 Å². The van der Waals surface area contributed by atoms with E-state index in [0.717, 1.165) is 5.69 Å². The quantitative estimate of drug-likeness (QED) is 0.876. The molecule has 1 aromatic rings. The molecule has 0 unspecified atom stereocenters. The lowest BCUT2D eigenvalue weighted by Gasteiger charge is -2.20. The van der Waals surface area contributed by atoms with Crippen molar-refractivity contribution in [1.82, 2.24) is 9.88 Å². The molecule has 0 aliphatic rings. The van der Waals surface area contributed by atoms with Crippen LogP contribution in [0.3, 0.4) is 0 Å². The van der Waals surface area contributed by atoms with Gasteiger partial charge in [-0.1, -0.05) is 0 Å². The molecule has 0 aliphatic heterocycles. The summed E-state index contributed by atoms with van der Waals surface area (Å²) in [5.41, 5.74) is 1.60. The van der Waals surface area contributed by atoms with E-state index in [9.17, 15) is 9.59 Å². The second-order valence-corrected chi connectivity index (χ2v) is 5.79. The van der Waals surface area contributed by atoms with Crippen LogP contribution in [0.25, 0.3) is 0 Å². The van der Waals surface area contributed by atoms with Crippen molar-refractivity contribution in [3.05, 3.63) is 23.0 Å². The Hall–Kier alpha value is -1.78. The molecule has 0 spiro atoms. The van der Waals surface area contributed by atoms with Gasteiger partial charge in [0.05, 0.1) is 5.56 Å². The fourth-order valence-electron chi connectivity index (χ4n) is 2.06. The number of carbonyl (C=O) groups is 2. The molecule has 0 fully saturated rings. The Morgan fingerprint density at radius 1 is 1.32 bits per heavy atom. The number of hydrogen-bond donors (Lipinski definition) is 2. The molecule has 1 amide bonds. The SMILES string of the molecule is Cc1cc(C(=O)O)c(C)n1CCC(=O)NC(C)(C)C. The van der Waals surface area contributed by atoms with Gasteiger partial charge in [-0.25, -0.2) is 4.79 Å². The molecule has 106 valence electrons. The van der Waals surface area contributed by atoms with E-state index in [1.165, 1.54) is 0 Å². The van der Waals surface area contributed by atoms with E-state index >= 15 is 0 Å². The lowest BCUT2D eigenvalue weighted by Crippen LogP contribution is -2.40. The molecule has 1 heterocycles. The minimum Gasteiger partial charge on any atom is -0.478 e. The van der Waals surface area contributed by atoms with Gasteiger partial charge >= 0.3 is 5.97 Å². The largest absolute Gasteiger partial charge is 0.478 e. The third-order valence-electron chi connectivity index (χ3n) is 2.88. The highest BCUT2D eigenvalue weighted by atomic mass is 16.4. The first-order chi connectivity index (χ1) is 8.61. The summed E-state index contributed by atoms with van der Waals surface area (Å²) in [6.07, 6.45) is 0.340. The minimum absolute atomic E-state index is 0.0307. The zero-order chi connectivity index (χ0) is 14.8. The fourth-order valence-corrected chi connectivity index (χ4v) is 2.06. The maximum absolute atomic E-state index is 11.8. The Balaban J connectivity index is 2.74. The van der Waals surface area contributed by atoms with E-state index in [1.54, 1.807) is 13.0 Å². The lowest BCUT2D eigenvalue weighted by molar-refractivity contribution is -0.122. The number of aryl methyl sites for hydroxylation is 1. The van der Waals surface area contributed by atoms with E-state index in [4.69, 9.17) is 5.11 Å². The van der Waals surface area contributed by atoms with Gasteiger partial charge in [-0.15, -0.1) is 0 Å². The van der Waals surface area contributed by atoms with Gasteiger partial charge in [-0.3, -0.25) is 4.79 Å². The highest BCUT2D eigenvalue weighted by Gasteiger charge is 2.17. The molecular formula is C14H22N2O3. The minimum atomic E-state index is -0.932. The molecular weight excluding hydrogens is 244 g/mol. The topological polar surface area (TPSA) is 71.3 Å². The number of aromatic carboxylic acids is 1. The van der Waals surface area contributed by atoms with Gasteiger partial charge in [-0.05, 0) is 40.7 Å². The zero-order valence-corrected chi connectivity index (χ0v) is 12.2. The predicted octanol–water partition coefficient (Wildman–Crippen LogP) is 2.11. The number of carboxylic acid groups (broad SMARTS) is 1. The standard InChI is InChI=1S/C14H22N2O3/c1-9-8-11(13(18)19)10(2)16(9)7-6-12(17)15-14(3,4)5/h8H,6-7H2,1-5H3,(H,15,17)(H,18,19). The van der Waals surface area contributed by atoms with Gasteiger partial charge in [0, 0.05) is 29.9 Å². The highest BCUT2D eigenvalue weighted by molar-refractivity contribution is 5.89. The maximum Gasteiger partial charge on any atom is 0.337 e. The number of rotatable bonds is 4. The van der Waals surface area contributed by atoms with Crippen molar-refractivity contribution >= 4 is 11.9 Å². The number of amides is 1. The average Bonchev–Trinajstić information content (AvgIpc) is 2.49. The number of aromatic nitrogens is 1. The van der Waals surface area contributed by atoms with Crippen molar-refractivity contribution < 1.29 is 14.7 Å². The Kier molecular flexibility index (Phi) is 4.39. The van der Waals surface area contributed by atoms with Crippen molar-refractivity contribution in [3.8, 4) is 0 Å². The van der Waals surface area contributed by atoms with Crippen molar-refractivity contribution in [1.29, 1.82) is 0 Å². The molecule has 0 aromatic carbocycles. The predicted molar refractivity (Wildman–Crippen MR) is 73.4 cm³/mol. The summed E-state index contributed by atoms with van der Waals surface area (Å²) >= 11 is 0. The van der Waals surface area contributed by atoms with Gasteiger partial charge in [-0.2, -0.15) is 0 Å². The van der Waals surface area contributed by atoms with E-state index in [1.807, 2.05) is 32.3 Å². The summed E-state index contributed by atoms with van der Waals surface area (Å²) in [4.78, 5) is 22.8. The second-order valence-electron chi connectivity index (χ2n) is 5.79. The molecule has 0 radical (unpaired) electrons. The van der Waals surface area contributed by atoms with Crippen LogP contribution in [0.2, 0.25) is 0 Å². The van der Waals surface area contributed by atoms with Crippen LogP contribution in [0, 0.1) is 13.8 Å². The van der Waals surface area contributed by atoms with Crippen molar-refractivity contribution in [2.45, 2.75) is 53.1 Å². The fraction of sp³-hybridized carbons (Fsp3) is 0.571. The summed E-state index contributed by atoms with van der Waals surface area (Å²) < 4.78 is 1.87. The highest BCUT2D eigenvalue weighted by Crippen LogP contribution is 2.15. The maximum atomic E-state index is 11.8. The van der Waals surface area contributed by atoms with Gasteiger partial charge < -0.3 is 15.0 Å². The average molecular weight is 266 g/mol. The Morgan fingerprint density at radius 3 is 2.32 bits per heavy atom. The number of nitrogens with one attached hydrogen (secondary N) is 1. The molecule has 2 N–H and O–H groups in total. The van der Waals surface area contributed by atoms with Crippen LogP contribution in [0.5, 0.6) is 0 Å². The van der Waals surface area contributed by atoms with Crippen LogP contribution in [0.1, 0.15) is 48.9 Å². The third kappa shape index (κ3) is 4.12. The molecule has 1 rings (SSSR count). The van der Waals surface area contributed by atoms with E-state index in [0.29, 0.717) is 24.2 Å². The van der Waals surface area contributed by atoms with Gasteiger partial charge in [0.15, 0.2) is 0 Å². The first kappa shape index (κ1) is 15.3. The zero-order valence-electron chi connectivity index (χ0n) is 12.2. The Labute approximate surface area is 113 Å². The molecule has 0 saturated heterocycles. The summed E-state index contributed by atoms with van der Waals surface area (Å²) in [6.45, 7) is 9.89. The molecule has 1 aromatic heterocycles. The molecule has 0 saturated carbocycles. The Bertz CT molecular complexity index is 496. The van der Waals surface area contributed by atoms with Crippen LogP contribution in [0.15, 0.2) is 6.07 Å². The van der Waals surface area contributed by atoms with Crippen molar-refractivity contribution in [3.63, 3.8) is 0 Å². The first-order valence-electron chi connectivity index (χ1n) is 6.33. The van der Waals surface area contributed by atoms with E-state index in [2.05, 4.69) is 5.32 Å². The van der Waals surface area contributed by atoms with Crippen LogP contribution in [-0.2, 0) is 11.3 Å². The van der Waals surface area contributed by atoms with Crippen LogP contribution in [-0.4, -0.2) is 27.1 Å². The summed E-state index contributed by atoms with van der Waals surface area (Å²) in [5.74, 6) is -0.963. The molecule has 0 atom stereocenters. The lowest BCUT2D eigenvalue weighted by atomic mass is 10.1. The van der Waals surface area contributed by atoms with Crippen molar-refractivity contribution in [2.24, 2.45) is 0 Å². The normalized spacial score (nSPS) is 11.4. The summed E-state index contributed by atoms with van der Waals surface area (Å²) in [5, 5.41) is 11.9. The molecule has 5 nitrogen and oxygen atoms in total. The molecule has 0 aliphatic carbocycles. The molecule has 0 bridgehead atoms. The van der Waals surface area contributed by atoms with Crippen LogP contribution < -0.4 is 5.32 Å². The summed E-state index contributed by atoms with van der Waals surface area (Å²) in [6, 6.07) is 1.64. The molecule has 19 heavy (non-hydrogen) atoms. The van der Waals surface area contributed by atoms with Crippen LogP contribution >= 0.6 is 0 Å². The molecule has 5 heteroatoms. The van der Waals surface area contributed by atoms with Gasteiger partial charge in [0.25, 0.3) is 0 Å². The monoisotopic (exact) mass is 266 g/mol. The number of hydrogen-bond acceptors (Lipinski definition) is 2. The third-order valence-corrected chi connectivity index (χ3v) is 2.88. The smallest absolute Gasteiger partial charge is 0.337 e. The second kappa shape index (κ2) is 5.47. The van der Waals surface area contributed by atoms with Crippen molar-refractivity contribution in [2.75, 3.05) is 0 Å². The first-order valence-corrected chi connectivity index (χ1v) is 6.33. The number of nitrogens with zero attached hydrogens (tertiary/aromatic N) is 1. The summed E-state index contributed by atoms with van der Waals surface area (Å²) in [7, 11) is 0. The number of carbonyl (C=O) groups excluding carboxylic acids is 1. The van der Waals surface area contributed by atoms with Gasteiger partial charge in [0.2, 0.25) is 5.91 Å².